The standard InChI is InChI=1S/C24H27Cl2FN2O4S/c1-24(2,33-20-11-10-19(27)21(25)22(20)26)23(30)28-14-12-16-4-5-17(13-14)29(16)15-6-8-18(9-7-15)34(3,31)32/h6-11,14,16-17H,4-5,12-13H2,1-3H3,(H,28,30)/t14-,16+,17-. The zero-order chi connectivity index (χ0) is 24.8. The summed E-state index contributed by atoms with van der Waals surface area (Å²) in [5.74, 6) is -0.811. The first kappa shape index (κ1) is 25.1. The highest BCUT2D eigenvalue weighted by Crippen LogP contribution is 2.40. The Bertz CT molecular complexity index is 1190. The van der Waals surface area contributed by atoms with Crippen molar-refractivity contribution in [3.05, 3.63) is 52.3 Å². The quantitative estimate of drug-likeness (QED) is 0.533. The van der Waals surface area contributed by atoms with E-state index in [2.05, 4.69) is 10.2 Å². The topological polar surface area (TPSA) is 75.7 Å². The van der Waals surface area contributed by atoms with Crippen LogP contribution in [-0.4, -0.2) is 44.3 Å². The highest BCUT2D eigenvalue weighted by atomic mass is 35.5. The summed E-state index contributed by atoms with van der Waals surface area (Å²) in [4.78, 5) is 15.7. The van der Waals surface area contributed by atoms with Crippen molar-refractivity contribution in [3.63, 3.8) is 0 Å². The second-order valence-electron chi connectivity index (χ2n) is 9.49. The van der Waals surface area contributed by atoms with Crippen molar-refractivity contribution in [2.24, 2.45) is 0 Å². The maximum Gasteiger partial charge on any atom is 0.263 e. The third kappa shape index (κ3) is 4.99. The summed E-state index contributed by atoms with van der Waals surface area (Å²) < 4.78 is 42.9. The fourth-order valence-corrected chi connectivity index (χ4v) is 5.83. The van der Waals surface area contributed by atoms with E-state index in [1.165, 1.54) is 12.3 Å². The fraction of sp³-hybridized carbons (Fsp3) is 0.458. The molecule has 2 saturated heterocycles. The molecular weight excluding hydrogens is 502 g/mol. The molecule has 2 aliphatic rings. The van der Waals surface area contributed by atoms with Crippen LogP contribution in [0.25, 0.3) is 0 Å². The van der Waals surface area contributed by atoms with Crippen molar-refractivity contribution >= 4 is 44.6 Å². The summed E-state index contributed by atoms with van der Waals surface area (Å²) >= 11 is 11.9. The largest absolute Gasteiger partial charge is 0.476 e. The molecule has 2 fully saturated rings. The van der Waals surface area contributed by atoms with Crippen LogP contribution in [0.3, 0.4) is 0 Å². The van der Waals surface area contributed by atoms with Gasteiger partial charge >= 0.3 is 0 Å². The van der Waals surface area contributed by atoms with Crippen LogP contribution < -0.4 is 15.0 Å². The van der Waals surface area contributed by atoms with E-state index in [0.717, 1.165) is 37.4 Å². The molecule has 1 amide bonds. The van der Waals surface area contributed by atoms with Gasteiger partial charge in [0.05, 0.1) is 9.92 Å². The van der Waals surface area contributed by atoms with Crippen LogP contribution >= 0.6 is 23.2 Å². The van der Waals surface area contributed by atoms with E-state index >= 15 is 0 Å². The molecule has 10 heteroatoms. The number of carbonyl (C=O) groups is 1. The summed E-state index contributed by atoms with van der Waals surface area (Å²) in [5.41, 5.74) is -0.251. The van der Waals surface area contributed by atoms with Crippen LogP contribution in [0.2, 0.25) is 10.0 Å². The number of amides is 1. The number of rotatable bonds is 6. The molecule has 2 aliphatic heterocycles. The van der Waals surface area contributed by atoms with E-state index in [9.17, 15) is 17.6 Å². The summed E-state index contributed by atoms with van der Waals surface area (Å²) in [6.07, 6.45) is 4.76. The van der Waals surface area contributed by atoms with Crippen LogP contribution in [0.15, 0.2) is 41.3 Å². The van der Waals surface area contributed by atoms with Crippen LogP contribution in [0, 0.1) is 5.82 Å². The van der Waals surface area contributed by atoms with Crippen molar-refractivity contribution in [2.45, 2.75) is 68.2 Å². The maximum atomic E-state index is 13.6. The van der Waals surface area contributed by atoms with Crippen LogP contribution in [0.4, 0.5) is 10.1 Å². The lowest BCUT2D eigenvalue weighted by Gasteiger charge is -2.41. The Morgan fingerprint density at radius 1 is 1.06 bits per heavy atom. The Labute approximate surface area is 209 Å². The number of benzene rings is 2. The Balaban J connectivity index is 1.42. The predicted octanol–water partition coefficient (Wildman–Crippen LogP) is 5.01. The van der Waals surface area contributed by atoms with Crippen molar-refractivity contribution < 1.29 is 22.3 Å². The molecule has 0 aliphatic carbocycles. The number of anilines is 1. The molecule has 0 saturated carbocycles. The second-order valence-corrected chi connectivity index (χ2v) is 12.3. The number of carbonyl (C=O) groups excluding carboxylic acids is 1. The Morgan fingerprint density at radius 2 is 1.65 bits per heavy atom. The van der Waals surface area contributed by atoms with Gasteiger partial charge in [-0.05, 0) is 75.9 Å². The average Bonchev–Trinajstić information content (AvgIpc) is 3.04. The molecule has 2 heterocycles. The highest BCUT2D eigenvalue weighted by Gasteiger charge is 2.42. The first-order chi connectivity index (χ1) is 15.9. The molecule has 2 bridgehead atoms. The molecule has 3 atom stereocenters. The lowest BCUT2D eigenvalue weighted by Crippen LogP contribution is -2.55. The van der Waals surface area contributed by atoms with Gasteiger partial charge in [0.1, 0.15) is 16.6 Å². The molecule has 2 aromatic rings. The monoisotopic (exact) mass is 528 g/mol. The fourth-order valence-electron chi connectivity index (χ4n) is 4.85. The number of hydrogen-bond donors (Lipinski definition) is 1. The van der Waals surface area contributed by atoms with Crippen molar-refractivity contribution in [1.29, 1.82) is 0 Å². The van der Waals surface area contributed by atoms with Gasteiger partial charge in [-0.25, -0.2) is 12.8 Å². The van der Waals surface area contributed by atoms with Crippen molar-refractivity contribution in [1.82, 2.24) is 5.32 Å². The Hall–Kier alpha value is -2.03. The minimum absolute atomic E-state index is 0.0216. The molecular formula is C24H27Cl2FN2O4S. The van der Waals surface area contributed by atoms with Gasteiger partial charge in [0, 0.05) is 30.1 Å². The van der Waals surface area contributed by atoms with E-state index in [4.69, 9.17) is 27.9 Å². The molecule has 0 aromatic heterocycles. The van der Waals surface area contributed by atoms with Gasteiger partial charge in [0.15, 0.2) is 15.4 Å². The summed E-state index contributed by atoms with van der Waals surface area (Å²) in [7, 11) is -3.24. The van der Waals surface area contributed by atoms with Gasteiger partial charge in [0.25, 0.3) is 5.91 Å². The number of ether oxygens (including phenoxy) is 1. The van der Waals surface area contributed by atoms with Gasteiger partial charge in [-0.1, -0.05) is 23.2 Å². The zero-order valence-electron chi connectivity index (χ0n) is 19.1. The first-order valence-corrected chi connectivity index (χ1v) is 13.7. The number of nitrogens with one attached hydrogen (secondary N) is 1. The smallest absolute Gasteiger partial charge is 0.263 e. The molecule has 2 aromatic carbocycles. The van der Waals surface area contributed by atoms with Crippen LogP contribution in [-0.2, 0) is 14.6 Å². The number of fused-ring (bicyclic) bond motifs is 2. The number of halogens is 3. The molecule has 184 valence electrons. The summed E-state index contributed by atoms with van der Waals surface area (Å²) in [5, 5.41) is 2.79. The molecule has 0 unspecified atom stereocenters. The van der Waals surface area contributed by atoms with Crippen molar-refractivity contribution in [3.8, 4) is 5.75 Å². The van der Waals surface area contributed by atoms with Crippen LogP contribution in [0.1, 0.15) is 39.5 Å². The van der Waals surface area contributed by atoms with Gasteiger partial charge in [-0.15, -0.1) is 0 Å². The summed E-state index contributed by atoms with van der Waals surface area (Å²) in [6.45, 7) is 3.26. The molecule has 1 N–H and O–H groups in total. The Kier molecular flexibility index (Phi) is 6.79. The van der Waals surface area contributed by atoms with Gasteiger partial charge in [-0.2, -0.15) is 0 Å². The van der Waals surface area contributed by atoms with E-state index in [1.807, 2.05) is 12.1 Å². The maximum absolute atomic E-state index is 13.6. The predicted molar refractivity (Wildman–Crippen MR) is 131 cm³/mol. The molecule has 0 radical (unpaired) electrons. The van der Waals surface area contributed by atoms with E-state index in [-0.39, 0.29) is 39.8 Å². The zero-order valence-corrected chi connectivity index (χ0v) is 21.5. The van der Waals surface area contributed by atoms with Crippen molar-refractivity contribution in [2.75, 3.05) is 11.2 Å². The SMILES string of the molecule is CC(C)(Oc1ccc(F)c(Cl)c1Cl)C(=O)N[C@H]1C[C@H]2CC[C@@H](C1)N2c1ccc(S(C)(=O)=O)cc1. The number of sulfone groups is 1. The average molecular weight is 529 g/mol. The second kappa shape index (κ2) is 9.21. The molecule has 6 nitrogen and oxygen atoms in total. The van der Waals surface area contributed by atoms with E-state index < -0.39 is 21.3 Å². The van der Waals surface area contributed by atoms with Gasteiger partial charge in [0.2, 0.25) is 0 Å². The normalized spacial score (nSPS) is 22.5. The lowest BCUT2D eigenvalue weighted by atomic mass is 9.95. The number of hydrogen-bond acceptors (Lipinski definition) is 5. The van der Waals surface area contributed by atoms with E-state index in [0.29, 0.717) is 4.90 Å². The number of piperidine rings is 1. The van der Waals surface area contributed by atoms with Gasteiger partial charge in [-0.3, -0.25) is 4.79 Å². The van der Waals surface area contributed by atoms with Gasteiger partial charge < -0.3 is 15.0 Å². The highest BCUT2D eigenvalue weighted by molar-refractivity contribution is 7.90. The van der Waals surface area contributed by atoms with E-state index in [1.54, 1.807) is 26.0 Å². The molecule has 4 rings (SSSR count). The van der Waals surface area contributed by atoms with Crippen LogP contribution in [0.5, 0.6) is 5.75 Å². The molecule has 0 spiro atoms. The minimum atomic E-state index is -3.24. The minimum Gasteiger partial charge on any atom is -0.476 e. The lowest BCUT2D eigenvalue weighted by molar-refractivity contribution is -0.135. The Morgan fingerprint density at radius 3 is 2.21 bits per heavy atom. The third-order valence-electron chi connectivity index (χ3n) is 6.54. The number of nitrogens with zero attached hydrogens (tertiary/aromatic N) is 1. The molecule has 34 heavy (non-hydrogen) atoms. The third-order valence-corrected chi connectivity index (χ3v) is 8.51. The first-order valence-electron chi connectivity index (χ1n) is 11.1. The summed E-state index contributed by atoms with van der Waals surface area (Å²) in [6, 6.07) is 9.98.